The molecule has 0 N–H and O–H groups in total. The molecule has 3 heterocycles. The minimum absolute atomic E-state index is 0.136. The minimum atomic E-state index is -2.65. The molecule has 1 saturated heterocycles. The number of nitrogens with zero attached hydrogens (tertiary/aromatic N) is 3. The lowest BCUT2D eigenvalue weighted by Crippen LogP contribution is -2.25. The molecule has 1 aliphatic rings. The summed E-state index contributed by atoms with van der Waals surface area (Å²) in [5.41, 5.74) is 1.05. The number of hydrogen-bond donors (Lipinski definition) is 0. The molecule has 3 nitrogen and oxygen atoms in total. The molecular weight excluding hydrogens is 296 g/mol. The monoisotopic (exact) mass is 311 g/mol. The van der Waals surface area contributed by atoms with E-state index in [-0.39, 0.29) is 18.9 Å². The van der Waals surface area contributed by atoms with Gasteiger partial charge in [-0.15, -0.1) is 0 Å². The number of halogens is 3. The predicted octanol–water partition coefficient (Wildman–Crippen LogP) is 4.25. The molecule has 0 radical (unpaired) electrons. The van der Waals surface area contributed by atoms with Gasteiger partial charge >= 0.3 is 0 Å². The smallest absolute Gasteiger partial charge is 0.266 e. The Morgan fingerprint density at radius 3 is 2.62 bits per heavy atom. The van der Waals surface area contributed by atoms with Gasteiger partial charge in [-0.2, -0.15) is 0 Å². The number of fused-ring (bicyclic) bond motifs is 1. The molecule has 1 fully saturated rings. The summed E-state index contributed by atoms with van der Waals surface area (Å²) in [4.78, 5) is 10.1. The Balaban J connectivity index is 2.15. The average Bonchev–Trinajstić information content (AvgIpc) is 2.77. The van der Waals surface area contributed by atoms with Crippen LogP contribution in [0.4, 0.5) is 14.6 Å². The fraction of sp³-hybridized carbons (Fsp3) is 0.467. The predicted molar refractivity (Wildman–Crippen MR) is 80.4 cm³/mol. The first-order chi connectivity index (χ1) is 9.87. The van der Waals surface area contributed by atoms with E-state index in [1.165, 1.54) is 0 Å². The van der Waals surface area contributed by atoms with Crippen molar-refractivity contribution in [2.24, 2.45) is 0 Å². The van der Waals surface area contributed by atoms with Crippen molar-refractivity contribution in [1.29, 1.82) is 0 Å². The molecule has 0 aromatic carbocycles. The van der Waals surface area contributed by atoms with Crippen molar-refractivity contribution in [3.8, 4) is 0 Å². The van der Waals surface area contributed by atoms with Gasteiger partial charge in [-0.25, -0.2) is 18.7 Å². The maximum Gasteiger partial charge on any atom is 0.266 e. The average molecular weight is 312 g/mol. The van der Waals surface area contributed by atoms with Crippen LogP contribution < -0.4 is 4.90 Å². The van der Waals surface area contributed by atoms with Crippen LogP contribution in [0.1, 0.15) is 31.7 Å². The molecule has 0 saturated carbocycles. The normalized spacial score (nSPS) is 17.9. The van der Waals surface area contributed by atoms with Gasteiger partial charge in [-0.1, -0.05) is 25.4 Å². The van der Waals surface area contributed by atoms with Crippen LogP contribution in [0.2, 0.25) is 5.15 Å². The largest absolute Gasteiger partial charge is 0.350 e. The molecule has 6 heteroatoms. The van der Waals surface area contributed by atoms with Gasteiger partial charge in [0.25, 0.3) is 5.92 Å². The van der Waals surface area contributed by atoms with E-state index in [0.29, 0.717) is 17.5 Å². The van der Waals surface area contributed by atoms with Gasteiger partial charge in [0.05, 0.1) is 6.54 Å². The first-order valence-corrected chi connectivity index (χ1v) is 7.32. The van der Waals surface area contributed by atoms with Crippen molar-refractivity contribution in [3.05, 3.63) is 29.2 Å². The quantitative estimate of drug-likeness (QED) is 0.776. The number of hydrogen-bond acceptors (Lipinski definition) is 3. The van der Waals surface area contributed by atoms with E-state index in [9.17, 15) is 8.78 Å². The fourth-order valence-electron chi connectivity index (χ4n) is 2.75. The van der Waals surface area contributed by atoms with Gasteiger partial charge in [0.1, 0.15) is 11.0 Å². The number of aromatic nitrogens is 2. The van der Waals surface area contributed by atoms with Crippen molar-refractivity contribution in [2.75, 3.05) is 18.0 Å². The maximum absolute atomic E-state index is 13.4. The lowest BCUT2D eigenvalue weighted by atomic mass is 9.99. The molecule has 0 amide bonds. The molecule has 2 aromatic heterocycles. The van der Waals surface area contributed by atoms with Gasteiger partial charge in [-0.05, 0) is 22.9 Å². The van der Waals surface area contributed by atoms with Gasteiger partial charge < -0.3 is 4.90 Å². The highest BCUT2D eigenvalue weighted by atomic mass is 35.5. The van der Waals surface area contributed by atoms with E-state index in [0.717, 1.165) is 16.3 Å². The number of alkyl halides is 2. The fourth-order valence-corrected chi connectivity index (χ4v) is 2.90. The molecule has 0 aliphatic carbocycles. The van der Waals surface area contributed by atoms with Crippen LogP contribution in [0.3, 0.4) is 0 Å². The second kappa shape index (κ2) is 5.05. The highest BCUT2D eigenvalue weighted by molar-refractivity contribution is 6.30. The summed E-state index contributed by atoms with van der Waals surface area (Å²) in [6, 6.07) is 1.78. The first-order valence-electron chi connectivity index (χ1n) is 6.94. The van der Waals surface area contributed by atoms with E-state index in [1.54, 1.807) is 23.4 Å². The SMILES string of the molecule is CC(C)c1cnc(N2CCC(F)(F)C2)c2cnc(Cl)cc12. The minimum Gasteiger partial charge on any atom is -0.350 e. The van der Waals surface area contributed by atoms with Crippen molar-refractivity contribution >= 4 is 28.2 Å². The molecule has 0 atom stereocenters. The summed E-state index contributed by atoms with van der Waals surface area (Å²) in [5, 5.41) is 2.11. The number of anilines is 1. The molecule has 21 heavy (non-hydrogen) atoms. The summed E-state index contributed by atoms with van der Waals surface area (Å²) in [5.74, 6) is -1.81. The molecule has 1 aliphatic heterocycles. The number of pyridine rings is 2. The van der Waals surface area contributed by atoms with Crippen LogP contribution in [0.5, 0.6) is 0 Å². The molecule has 0 unspecified atom stereocenters. The number of rotatable bonds is 2. The molecule has 2 aromatic rings. The zero-order valence-electron chi connectivity index (χ0n) is 11.9. The van der Waals surface area contributed by atoms with Crippen LogP contribution in [0.25, 0.3) is 10.8 Å². The van der Waals surface area contributed by atoms with Crippen molar-refractivity contribution in [1.82, 2.24) is 9.97 Å². The molecule has 0 bridgehead atoms. The third kappa shape index (κ3) is 2.67. The molecule has 112 valence electrons. The van der Waals surface area contributed by atoms with Crippen LogP contribution in [0.15, 0.2) is 18.5 Å². The Morgan fingerprint density at radius 2 is 2.00 bits per heavy atom. The van der Waals surface area contributed by atoms with Crippen LogP contribution in [-0.2, 0) is 0 Å². The van der Waals surface area contributed by atoms with Crippen LogP contribution in [-0.4, -0.2) is 29.0 Å². The third-order valence-corrected chi connectivity index (χ3v) is 4.05. The third-order valence-electron chi connectivity index (χ3n) is 3.84. The molecule has 0 spiro atoms. The standard InChI is InChI=1S/C15H16ClF2N3/c1-9(2)11-6-20-14(21-4-3-15(17,18)8-21)12-7-19-13(16)5-10(11)12/h5-7,9H,3-4,8H2,1-2H3. The summed E-state index contributed by atoms with van der Waals surface area (Å²) in [6.45, 7) is 4.14. The second-order valence-electron chi connectivity index (χ2n) is 5.77. The summed E-state index contributed by atoms with van der Waals surface area (Å²) < 4.78 is 26.9. The second-order valence-corrected chi connectivity index (χ2v) is 6.16. The summed E-state index contributed by atoms with van der Waals surface area (Å²) in [6.07, 6.45) is 3.25. The van der Waals surface area contributed by atoms with Crippen molar-refractivity contribution in [2.45, 2.75) is 32.1 Å². The lowest BCUT2D eigenvalue weighted by molar-refractivity contribution is 0.0257. The highest BCUT2D eigenvalue weighted by Crippen LogP contribution is 2.36. The van der Waals surface area contributed by atoms with Gasteiger partial charge in [0.15, 0.2) is 0 Å². The lowest BCUT2D eigenvalue weighted by Gasteiger charge is -2.20. The maximum atomic E-state index is 13.4. The summed E-state index contributed by atoms with van der Waals surface area (Å²) >= 11 is 5.99. The van der Waals surface area contributed by atoms with E-state index >= 15 is 0 Å². The Morgan fingerprint density at radius 1 is 1.24 bits per heavy atom. The van der Waals surface area contributed by atoms with E-state index in [1.807, 2.05) is 0 Å². The Kier molecular flexibility index (Phi) is 3.48. The van der Waals surface area contributed by atoms with E-state index in [4.69, 9.17) is 11.6 Å². The van der Waals surface area contributed by atoms with Crippen LogP contribution >= 0.6 is 11.6 Å². The van der Waals surface area contributed by atoms with Crippen molar-refractivity contribution < 1.29 is 8.78 Å². The van der Waals surface area contributed by atoms with Gasteiger partial charge in [-0.3, -0.25) is 0 Å². The Labute approximate surface area is 126 Å². The van der Waals surface area contributed by atoms with E-state index < -0.39 is 5.92 Å². The topological polar surface area (TPSA) is 29.0 Å². The summed E-state index contributed by atoms with van der Waals surface area (Å²) in [7, 11) is 0. The molecular formula is C15H16ClF2N3. The highest BCUT2D eigenvalue weighted by Gasteiger charge is 2.39. The van der Waals surface area contributed by atoms with Crippen molar-refractivity contribution in [3.63, 3.8) is 0 Å². The van der Waals surface area contributed by atoms with Gasteiger partial charge in [0.2, 0.25) is 0 Å². The zero-order chi connectivity index (χ0) is 15.2. The Bertz CT molecular complexity index is 688. The first kappa shape index (κ1) is 14.4. The van der Waals surface area contributed by atoms with E-state index in [2.05, 4.69) is 23.8 Å². The molecule has 3 rings (SSSR count). The van der Waals surface area contributed by atoms with Crippen LogP contribution in [0, 0.1) is 0 Å². The Hall–Kier alpha value is -1.49. The van der Waals surface area contributed by atoms with Gasteiger partial charge in [0, 0.05) is 30.7 Å². The zero-order valence-corrected chi connectivity index (χ0v) is 12.7.